The van der Waals surface area contributed by atoms with Crippen LogP contribution in [-0.2, 0) is 22.1 Å². The van der Waals surface area contributed by atoms with Gasteiger partial charge >= 0.3 is 12.1 Å². The zero-order valence-electron chi connectivity index (χ0n) is 15.4. The van der Waals surface area contributed by atoms with Crippen LogP contribution < -0.4 is 4.90 Å². The summed E-state index contributed by atoms with van der Waals surface area (Å²) >= 11 is 0. The van der Waals surface area contributed by atoms with E-state index in [9.17, 15) is 23.9 Å². The Morgan fingerprint density at radius 2 is 1.60 bits per heavy atom. The van der Waals surface area contributed by atoms with Crippen LogP contribution in [0.4, 0.5) is 15.3 Å². The summed E-state index contributed by atoms with van der Waals surface area (Å²) in [4.78, 5) is 36.2. The van der Waals surface area contributed by atoms with Crippen LogP contribution in [0.15, 0.2) is 82.6 Å². The van der Waals surface area contributed by atoms with Gasteiger partial charge in [-0.2, -0.15) is 9.59 Å². The quantitative estimate of drug-likeness (QED) is 0.358. The van der Waals surface area contributed by atoms with Crippen molar-refractivity contribution in [1.82, 2.24) is 0 Å². The second-order valence-electron chi connectivity index (χ2n) is 6.36. The molecule has 3 aromatic rings. The molecular weight excluding hydrogens is 408 g/mol. The number of nitrogens with zero attached hydrogens (tertiary/aromatic N) is 2. The number of carbonyl (C=O) groups is 2. The molecule has 30 heavy (non-hydrogen) atoms. The monoisotopic (exact) mass is 422 g/mol. The van der Waals surface area contributed by atoms with Crippen molar-refractivity contribution in [1.29, 1.82) is 0 Å². The van der Waals surface area contributed by atoms with Crippen LogP contribution >= 0.6 is 0 Å². The first kappa shape index (κ1) is 19.5. The fourth-order valence-corrected chi connectivity index (χ4v) is 4.54. The number of carbonyl (C=O) groups excluding carboxylic acids is 2. The second kappa shape index (κ2) is 7.88. The van der Waals surface area contributed by atoms with Crippen LogP contribution in [0.1, 0.15) is 5.56 Å². The summed E-state index contributed by atoms with van der Waals surface area (Å²) in [5.74, 6) is 0. The molecule has 1 aliphatic heterocycles. The molecule has 3 aromatic carbocycles. The van der Waals surface area contributed by atoms with Crippen molar-refractivity contribution >= 4 is 28.6 Å². The van der Waals surface area contributed by atoms with Gasteiger partial charge < -0.3 is 14.9 Å². The third kappa shape index (κ3) is 3.46. The molecule has 0 saturated carbocycles. The number of urea groups is 1. The van der Waals surface area contributed by atoms with E-state index in [4.69, 9.17) is 4.74 Å². The number of rotatable bonds is 3. The predicted octanol–water partition coefficient (Wildman–Crippen LogP) is 4.37. The van der Waals surface area contributed by atoms with Gasteiger partial charge in [0.2, 0.25) is 0 Å². The Hall–Kier alpha value is -3.85. The van der Waals surface area contributed by atoms with E-state index in [1.54, 1.807) is 54.6 Å². The van der Waals surface area contributed by atoms with Gasteiger partial charge in [0, 0.05) is 10.5 Å². The molecule has 0 N–H and O–H groups in total. The molecule has 0 fully saturated rings. The summed E-state index contributed by atoms with van der Waals surface area (Å²) in [6.45, 7) is -0.154. The highest BCUT2D eigenvalue weighted by Gasteiger charge is 2.38. The van der Waals surface area contributed by atoms with Gasteiger partial charge in [0.25, 0.3) is 0 Å². The minimum Gasteiger partial charge on any atom is -0.426 e. The lowest BCUT2D eigenvalue weighted by molar-refractivity contribution is -0.370. The largest absolute Gasteiger partial charge is 0.550 e. The maximum Gasteiger partial charge on any atom is 0.550 e. The molecule has 0 spiro atoms. The third-order valence-electron chi connectivity index (χ3n) is 4.53. The summed E-state index contributed by atoms with van der Waals surface area (Å²) < 4.78 is 17.8. The van der Waals surface area contributed by atoms with E-state index in [-0.39, 0.29) is 12.3 Å². The SMILES string of the molecule is O=C(OCc1ccccc1)N(C(=O)[N+](=O)[O-])c1ccc2c(c1)-c1ccccc1S2=O. The number of hydrogen-bond acceptors (Lipinski definition) is 6. The molecule has 3 amide bonds. The van der Waals surface area contributed by atoms with Crippen LogP contribution in [0.5, 0.6) is 0 Å². The van der Waals surface area contributed by atoms with Crippen molar-refractivity contribution in [3.8, 4) is 11.1 Å². The van der Waals surface area contributed by atoms with E-state index in [2.05, 4.69) is 0 Å². The Bertz CT molecular complexity index is 1200. The molecule has 1 aliphatic rings. The van der Waals surface area contributed by atoms with Gasteiger partial charge in [0.05, 0.1) is 20.6 Å². The first-order valence-electron chi connectivity index (χ1n) is 8.82. The van der Waals surface area contributed by atoms with E-state index < -0.39 is 27.8 Å². The van der Waals surface area contributed by atoms with Gasteiger partial charge in [-0.1, -0.05) is 53.4 Å². The average molecular weight is 422 g/mol. The standard InChI is InChI=1S/C21H14N2O6S/c24-20(23(26)27)22(21(25)29-13-14-6-2-1-3-7-14)15-10-11-19-17(12-15)16-8-4-5-9-18(16)30(19)28/h1-12H,13H2. The highest BCUT2D eigenvalue weighted by molar-refractivity contribution is 7.85. The highest BCUT2D eigenvalue weighted by atomic mass is 32.2. The molecule has 1 heterocycles. The molecular formula is C21H14N2O6S. The number of fused-ring (bicyclic) bond motifs is 3. The smallest absolute Gasteiger partial charge is 0.426 e. The van der Waals surface area contributed by atoms with Crippen molar-refractivity contribution in [2.75, 3.05) is 4.90 Å². The molecule has 8 nitrogen and oxygen atoms in total. The van der Waals surface area contributed by atoms with E-state index in [1.807, 2.05) is 0 Å². The average Bonchev–Trinajstić information content (AvgIpc) is 3.05. The lowest BCUT2D eigenvalue weighted by Gasteiger charge is -2.13. The Morgan fingerprint density at radius 3 is 2.33 bits per heavy atom. The molecule has 0 aliphatic carbocycles. The van der Waals surface area contributed by atoms with E-state index in [0.29, 0.717) is 31.4 Å². The van der Waals surface area contributed by atoms with E-state index in [1.165, 1.54) is 18.2 Å². The molecule has 1 unspecified atom stereocenters. The fourth-order valence-electron chi connectivity index (χ4n) is 3.16. The van der Waals surface area contributed by atoms with Crippen LogP contribution in [0.25, 0.3) is 11.1 Å². The number of ether oxygens (including phenoxy) is 1. The zero-order chi connectivity index (χ0) is 21.3. The summed E-state index contributed by atoms with van der Waals surface area (Å²) in [6.07, 6.45) is -1.17. The van der Waals surface area contributed by atoms with Crippen molar-refractivity contribution in [3.05, 3.63) is 88.5 Å². The number of hydrogen-bond donors (Lipinski definition) is 0. The molecule has 1 atom stereocenters. The summed E-state index contributed by atoms with van der Waals surface area (Å²) in [6, 6.07) is 18.4. The Balaban J connectivity index is 1.69. The Kier molecular flexibility index (Phi) is 5.11. The number of imide groups is 1. The maximum absolute atomic E-state index is 12.6. The molecule has 4 rings (SSSR count). The van der Waals surface area contributed by atoms with Crippen molar-refractivity contribution in [3.63, 3.8) is 0 Å². The van der Waals surface area contributed by atoms with Gasteiger partial charge in [0.15, 0.2) is 0 Å². The number of nitro groups is 1. The van der Waals surface area contributed by atoms with Crippen LogP contribution in [0, 0.1) is 10.1 Å². The topological polar surface area (TPSA) is 107 Å². The van der Waals surface area contributed by atoms with Gasteiger partial charge in [-0.15, -0.1) is 0 Å². The summed E-state index contributed by atoms with van der Waals surface area (Å²) in [5.41, 5.74) is 1.84. The molecule has 150 valence electrons. The van der Waals surface area contributed by atoms with Crippen LogP contribution in [-0.4, -0.2) is 21.3 Å². The minimum absolute atomic E-state index is 0.0396. The Labute approximate surface area is 173 Å². The van der Waals surface area contributed by atoms with Gasteiger partial charge in [-0.25, -0.2) is 4.21 Å². The number of benzene rings is 3. The number of anilines is 1. The van der Waals surface area contributed by atoms with Crippen LogP contribution in [0.2, 0.25) is 0 Å². The molecule has 0 saturated heterocycles. The molecule has 0 radical (unpaired) electrons. The maximum atomic E-state index is 12.6. The summed E-state index contributed by atoms with van der Waals surface area (Å²) in [7, 11) is -1.41. The minimum atomic E-state index is -1.64. The summed E-state index contributed by atoms with van der Waals surface area (Å²) in [5, 5.41) is 11.1. The Morgan fingerprint density at radius 1 is 0.933 bits per heavy atom. The number of amides is 3. The van der Waals surface area contributed by atoms with Crippen molar-refractivity contribution in [2.45, 2.75) is 16.4 Å². The van der Waals surface area contributed by atoms with Crippen molar-refractivity contribution in [2.24, 2.45) is 0 Å². The van der Waals surface area contributed by atoms with Crippen LogP contribution in [0.3, 0.4) is 0 Å². The van der Waals surface area contributed by atoms with Gasteiger partial charge in [-0.05, 0) is 35.4 Å². The van der Waals surface area contributed by atoms with Gasteiger partial charge in [0.1, 0.15) is 12.3 Å². The molecule has 9 heteroatoms. The third-order valence-corrected chi connectivity index (χ3v) is 6.04. The lowest BCUT2D eigenvalue weighted by atomic mass is 10.1. The predicted molar refractivity (Wildman–Crippen MR) is 108 cm³/mol. The normalized spacial score (nSPS) is 13.8. The zero-order valence-corrected chi connectivity index (χ0v) is 16.2. The fraction of sp³-hybridized carbons (Fsp3) is 0.0476. The first-order valence-corrected chi connectivity index (χ1v) is 9.96. The highest BCUT2D eigenvalue weighted by Crippen LogP contribution is 2.42. The first-order chi connectivity index (χ1) is 14.5. The molecule has 0 bridgehead atoms. The van der Waals surface area contributed by atoms with E-state index in [0.717, 1.165) is 0 Å². The van der Waals surface area contributed by atoms with Gasteiger partial charge in [-0.3, -0.25) is 0 Å². The molecule has 0 aromatic heterocycles. The van der Waals surface area contributed by atoms with Crippen molar-refractivity contribution < 1.29 is 23.5 Å². The lowest BCUT2D eigenvalue weighted by Crippen LogP contribution is -2.40. The van der Waals surface area contributed by atoms with E-state index >= 15 is 0 Å². The second-order valence-corrected chi connectivity index (χ2v) is 7.78.